The van der Waals surface area contributed by atoms with Crippen LogP contribution in [0.2, 0.25) is 0 Å². The summed E-state index contributed by atoms with van der Waals surface area (Å²) >= 11 is 0.904. The van der Waals surface area contributed by atoms with Crippen molar-refractivity contribution in [2.75, 3.05) is 5.73 Å². The second-order valence-corrected chi connectivity index (χ2v) is 8.96. The van der Waals surface area contributed by atoms with E-state index < -0.39 is 17.4 Å². The van der Waals surface area contributed by atoms with Crippen LogP contribution in [-0.4, -0.2) is 16.0 Å². The highest BCUT2D eigenvalue weighted by atomic mass is 32.2. The van der Waals surface area contributed by atoms with Gasteiger partial charge in [-0.05, 0) is 67.0 Å². The summed E-state index contributed by atoms with van der Waals surface area (Å²) in [6.07, 6.45) is 4.58. The van der Waals surface area contributed by atoms with E-state index in [4.69, 9.17) is 11.0 Å². The van der Waals surface area contributed by atoms with Gasteiger partial charge in [-0.15, -0.1) is 0 Å². The fourth-order valence-corrected chi connectivity index (χ4v) is 4.97. The number of nitrogens with two attached hydrogens (primary N) is 1. The molecule has 5 nitrogen and oxygen atoms in total. The minimum atomic E-state index is -0.733. The zero-order chi connectivity index (χ0) is 23.0. The Bertz CT molecular complexity index is 1190. The fraction of sp³-hybridized carbons (Fsp3) is 0.292. The molecule has 3 aliphatic rings. The first-order chi connectivity index (χ1) is 15.3. The predicted octanol–water partition coefficient (Wildman–Crippen LogP) is 5.35. The van der Waals surface area contributed by atoms with Gasteiger partial charge in [0.15, 0.2) is 0 Å². The predicted molar refractivity (Wildman–Crippen MR) is 119 cm³/mol. The lowest BCUT2D eigenvalue weighted by Gasteiger charge is -2.32. The molecule has 1 fully saturated rings. The van der Waals surface area contributed by atoms with Crippen LogP contribution < -0.4 is 5.73 Å². The summed E-state index contributed by atoms with van der Waals surface area (Å²) in [7, 11) is 0. The average Bonchev–Trinajstić information content (AvgIpc) is 2.83. The maximum atomic E-state index is 15.2. The molecule has 1 saturated carbocycles. The molecule has 164 valence electrons. The Morgan fingerprint density at radius 3 is 2.66 bits per heavy atom. The monoisotopic (exact) mass is 453 g/mol. The number of carbonyl (C=O) groups is 2. The van der Waals surface area contributed by atoms with Crippen LogP contribution in [0.4, 0.5) is 14.5 Å². The number of amides is 1. The van der Waals surface area contributed by atoms with Gasteiger partial charge in [-0.3, -0.25) is 13.9 Å². The van der Waals surface area contributed by atoms with E-state index in [0.717, 1.165) is 36.8 Å². The van der Waals surface area contributed by atoms with Gasteiger partial charge in [0.05, 0.1) is 12.1 Å². The molecular weight excluding hydrogens is 432 g/mol. The molecule has 0 atom stereocenters. The molecule has 2 N–H and O–H groups in total. The van der Waals surface area contributed by atoms with Gasteiger partial charge < -0.3 is 5.73 Å². The van der Waals surface area contributed by atoms with Crippen molar-refractivity contribution in [2.24, 2.45) is 5.92 Å². The Morgan fingerprint density at radius 2 is 2.03 bits per heavy atom. The lowest BCUT2D eigenvalue weighted by Crippen LogP contribution is -2.26. The van der Waals surface area contributed by atoms with E-state index in [1.165, 1.54) is 21.8 Å². The van der Waals surface area contributed by atoms with Crippen molar-refractivity contribution >= 4 is 34.9 Å². The van der Waals surface area contributed by atoms with Crippen LogP contribution in [0, 0.1) is 23.1 Å². The molecule has 0 radical (unpaired) electrons. The van der Waals surface area contributed by atoms with Gasteiger partial charge in [-0.1, -0.05) is 18.1 Å². The van der Waals surface area contributed by atoms with Crippen molar-refractivity contribution in [1.82, 2.24) is 4.31 Å². The second-order valence-electron chi connectivity index (χ2n) is 8.14. The van der Waals surface area contributed by atoms with Crippen LogP contribution in [0.5, 0.6) is 0 Å². The van der Waals surface area contributed by atoms with Gasteiger partial charge >= 0.3 is 0 Å². The van der Waals surface area contributed by atoms with Crippen molar-refractivity contribution in [3.05, 3.63) is 69.3 Å². The number of carbonyl (C=O) groups excluding carboxylic acids is 2. The van der Waals surface area contributed by atoms with Crippen molar-refractivity contribution in [1.29, 1.82) is 5.26 Å². The maximum Gasteiger partial charge on any atom is 0.258 e. The summed E-state index contributed by atoms with van der Waals surface area (Å²) in [5.41, 5.74) is 8.47. The van der Waals surface area contributed by atoms with Crippen molar-refractivity contribution < 1.29 is 18.4 Å². The van der Waals surface area contributed by atoms with Crippen molar-refractivity contribution in [3.8, 4) is 6.07 Å². The van der Waals surface area contributed by atoms with Crippen LogP contribution in [0.15, 0.2) is 57.9 Å². The summed E-state index contributed by atoms with van der Waals surface area (Å²) in [6.45, 7) is 1.75. The van der Waals surface area contributed by atoms with E-state index >= 15 is 4.39 Å². The number of benzene rings is 1. The molecule has 0 bridgehead atoms. The number of allylic oxidation sites excluding steroid dienone is 5. The Balaban J connectivity index is 1.88. The number of hydrogen-bond donors (Lipinski definition) is 1. The van der Waals surface area contributed by atoms with E-state index in [1.807, 2.05) is 0 Å². The van der Waals surface area contributed by atoms with Gasteiger partial charge in [0, 0.05) is 28.7 Å². The number of hydrogen-bond acceptors (Lipinski definition) is 5. The number of anilines is 1. The molecule has 1 amide bonds. The summed E-state index contributed by atoms with van der Waals surface area (Å²) in [4.78, 5) is 25.1. The summed E-state index contributed by atoms with van der Waals surface area (Å²) in [5.74, 6) is -2.16. The molecule has 1 aromatic rings. The smallest absolute Gasteiger partial charge is 0.258 e. The Morgan fingerprint density at radius 1 is 1.28 bits per heavy atom. The topological polar surface area (TPSA) is 87.2 Å². The first kappa shape index (κ1) is 22.0. The molecule has 2 heterocycles. The summed E-state index contributed by atoms with van der Waals surface area (Å²) < 4.78 is 30.7. The lowest BCUT2D eigenvalue weighted by molar-refractivity contribution is -0.125. The molecule has 32 heavy (non-hydrogen) atoms. The molecule has 1 aromatic carbocycles. The standard InChI is InChI=1S/C24H21F2N3O2S/c1-13-7-21-17(14-3-2-4-14)8-16(22(30)11-27)10-23(31)29(21)32-12-19(26)24(13)15-5-6-20(28)18(25)9-15/h5-6,8-9,12,14H,2-4,7,10,28H2,1H3/b19-12+,24-13-. The Kier molecular flexibility index (Phi) is 6.02. The largest absolute Gasteiger partial charge is 0.396 e. The summed E-state index contributed by atoms with van der Waals surface area (Å²) in [6, 6.07) is 5.77. The number of Topliss-reactive ketones (excluding diaryl/α,β-unsaturated/α-hetero) is 1. The maximum absolute atomic E-state index is 15.2. The van der Waals surface area contributed by atoms with Crippen LogP contribution in [0.1, 0.15) is 44.6 Å². The molecular formula is C24H21F2N3O2S. The number of nitrogens with zero attached hydrogens (tertiary/aromatic N) is 2. The third-order valence-electron chi connectivity index (χ3n) is 6.06. The van der Waals surface area contributed by atoms with Gasteiger partial charge in [-0.25, -0.2) is 8.78 Å². The summed E-state index contributed by atoms with van der Waals surface area (Å²) in [5, 5.41) is 10.3. The molecule has 8 heteroatoms. The van der Waals surface area contributed by atoms with Gasteiger partial charge in [0.2, 0.25) is 5.91 Å². The van der Waals surface area contributed by atoms with E-state index in [9.17, 15) is 14.0 Å². The number of nitrogen functional groups attached to an aromatic ring is 1. The average molecular weight is 454 g/mol. The first-order valence-electron chi connectivity index (χ1n) is 10.3. The first-order valence-corrected chi connectivity index (χ1v) is 11.1. The molecule has 0 saturated heterocycles. The van der Waals surface area contributed by atoms with Crippen LogP contribution in [0.25, 0.3) is 5.57 Å². The van der Waals surface area contributed by atoms with E-state index in [-0.39, 0.29) is 41.5 Å². The highest BCUT2D eigenvalue weighted by molar-refractivity contribution is 8.00. The number of ketones is 1. The van der Waals surface area contributed by atoms with Crippen LogP contribution in [0.3, 0.4) is 0 Å². The van der Waals surface area contributed by atoms with E-state index in [0.29, 0.717) is 16.8 Å². The Labute approximate surface area is 189 Å². The van der Waals surface area contributed by atoms with E-state index in [2.05, 4.69) is 0 Å². The zero-order valence-electron chi connectivity index (χ0n) is 17.5. The SMILES string of the molecule is C/C1=C(c2ccc(N)c(F)c2)/C(F)=C\SN2C(=O)CC(C(=O)C#N)=CC(C3CCC3)=C2C1. The Hall–Kier alpha value is -3.18. The van der Waals surface area contributed by atoms with Crippen molar-refractivity contribution in [2.45, 2.75) is 39.0 Å². The third kappa shape index (κ3) is 4.00. The highest BCUT2D eigenvalue weighted by Gasteiger charge is 2.34. The lowest BCUT2D eigenvalue weighted by atomic mass is 9.77. The number of fused-ring (bicyclic) bond motifs is 1. The quantitative estimate of drug-likeness (QED) is 0.379. The third-order valence-corrected chi connectivity index (χ3v) is 7.01. The normalized spacial score (nSPS) is 23.7. The van der Waals surface area contributed by atoms with Gasteiger partial charge in [0.1, 0.15) is 17.7 Å². The molecule has 2 aliphatic heterocycles. The molecule has 1 aliphatic carbocycles. The number of rotatable bonds is 3. The minimum Gasteiger partial charge on any atom is -0.396 e. The number of halogens is 2. The molecule has 0 spiro atoms. The molecule has 0 aromatic heterocycles. The van der Waals surface area contributed by atoms with E-state index in [1.54, 1.807) is 25.1 Å². The second kappa shape index (κ2) is 8.75. The zero-order valence-corrected chi connectivity index (χ0v) is 18.3. The van der Waals surface area contributed by atoms with Gasteiger partial charge in [0.25, 0.3) is 5.78 Å². The van der Waals surface area contributed by atoms with Crippen LogP contribution in [-0.2, 0) is 9.59 Å². The fourth-order valence-electron chi connectivity index (χ4n) is 4.18. The van der Waals surface area contributed by atoms with Crippen molar-refractivity contribution in [3.63, 3.8) is 0 Å². The minimum absolute atomic E-state index is 0.0213. The van der Waals surface area contributed by atoms with Gasteiger partial charge in [-0.2, -0.15) is 5.26 Å². The number of nitriles is 1. The van der Waals surface area contributed by atoms with Crippen LogP contribution >= 0.6 is 11.9 Å². The molecule has 0 unspecified atom stereocenters. The molecule has 4 rings (SSSR count). The highest BCUT2D eigenvalue weighted by Crippen LogP contribution is 2.45.